The Labute approximate surface area is 124 Å². The van der Waals surface area contributed by atoms with Crippen molar-refractivity contribution >= 4 is 0 Å². The van der Waals surface area contributed by atoms with Crippen molar-refractivity contribution < 1.29 is 9.47 Å². The van der Waals surface area contributed by atoms with Crippen LogP contribution in [0.1, 0.15) is 36.8 Å². The first-order chi connectivity index (χ1) is 10.1. The van der Waals surface area contributed by atoms with Gasteiger partial charge >= 0.3 is 0 Å². The first kappa shape index (κ1) is 15.3. The molecular weight excluding hydrogens is 268 g/mol. The molecule has 0 aliphatic rings. The van der Waals surface area contributed by atoms with Crippen LogP contribution in [-0.4, -0.2) is 29.2 Å². The van der Waals surface area contributed by atoms with Crippen LogP contribution in [0.15, 0.2) is 18.2 Å². The van der Waals surface area contributed by atoms with Crippen LogP contribution in [0.3, 0.4) is 0 Å². The molecule has 0 aliphatic heterocycles. The van der Waals surface area contributed by atoms with Crippen molar-refractivity contribution in [3.05, 3.63) is 35.2 Å². The van der Waals surface area contributed by atoms with Gasteiger partial charge in [0.25, 0.3) is 0 Å². The van der Waals surface area contributed by atoms with Gasteiger partial charge in [0, 0.05) is 19.0 Å². The van der Waals surface area contributed by atoms with Gasteiger partial charge in [-0.05, 0) is 31.5 Å². The Morgan fingerprint density at radius 2 is 1.90 bits per heavy atom. The van der Waals surface area contributed by atoms with E-state index in [1.54, 1.807) is 14.2 Å². The second-order valence-corrected chi connectivity index (χ2v) is 5.09. The molecule has 2 N–H and O–H groups in total. The van der Waals surface area contributed by atoms with Gasteiger partial charge in [-0.1, -0.05) is 11.3 Å². The molecule has 1 aromatic carbocycles. The highest BCUT2D eigenvalue weighted by atomic mass is 16.5. The number of benzene rings is 1. The van der Waals surface area contributed by atoms with Crippen molar-refractivity contribution in [3.8, 4) is 11.5 Å². The number of nitrogens with zero attached hydrogens (tertiary/aromatic N) is 3. The summed E-state index contributed by atoms with van der Waals surface area (Å²) in [5, 5.41) is 8.35. The van der Waals surface area contributed by atoms with Crippen molar-refractivity contribution in [1.82, 2.24) is 15.0 Å². The number of rotatable bonds is 6. The van der Waals surface area contributed by atoms with Crippen LogP contribution in [0.25, 0.3) is 0 Å². The number of methoxy groups -OCH3 is 2. The second-order valence-electron chi connectivity index (χ2n) is 5.09. The van der Waals surface area contributed by atoms with Crippen molar-refractivity contribution in [2.24, 2.45) is 5.73 Å². The Morgan fingerprint density at radius 3 is 2.48 bits per heavy atom. The summed E-state index contributed by atoms with van der Waals surface area (Å²) in [7, 11) is 3.26. The Kier molecular flexibility index (Phi) is 4.80. The molecule has 0 aliphatic carbocycles. The third-order valence-electron chi connectivity index (χ3n) is 3.37. The van der Waals surface area contributed by atoms with Crippen molar-refractivity contribution in [2.45, 2.75) is 32.9 Å². The maximum absolute atomic E-state index is 5.76. The van der Waals surface area contributed by atoms with Crippen LogP contribution >= 0.6 is 0 Å². The quantitative estimate of drug-likeness (QED) is 0.879. The number of hydrogen-bond donors (Lipinski definition) is 1. The molecule has 0 saturated heterocycles. The fraction of sp³-hybridized carbons (Fsp3) is 0.467. The van der Waals surface area contributed by atoms with E-state index in [9.17, 15) is 0 Å². The molecule has 0 unspecified atom stereocenters. The molecule has 2 aromatic rings. The Morgan fingerprint density at radius 1 is 1.19 bits per heavy atom. The largest absolute Gasteiger partial charge is 0.493 e. The summed E-state index contributed by atoms with van der Waals surface area (Å²) in [6.07, 6.45) is 0.706. The highest BCUT2D eigenvalue weighted by Gasteiger charge is 2.15. The molecule has 0 amide bonds. The summed E-state index contributed by atoms with van der Waals surface area (Å²) in [5.74, 6) is 1.43. The minimum absolute atomic E-state index is 0.243. The van der Waals surface area contributed by atoms with E-state index in [4.69, 9.17) is 15.2 Å². The van der Waals surface area contributed by atoms with E-state index in [1.807, 2.05) is 22.9 Å². The lowest BCUT2D eigenvalue weighted by molar-refractivity contribution is 0.354. The van der Waals surface area contributed by atoms with E-state index in [0.717, 1.165) is 22.7 Å². The van der Waals surface area contributed by atoms with Crippen LogP contribution in [0.4, 0.5) is 0 Å². The van der Waals surface area contributed by atoms with E-state index in [1.165, 1.54) is 0 Å². The summed E-state index contributed by atoms with van der Waals surface area (Å²) < 4.78 is 12.5. The molecule has 0 radical (unpaired) electrons. The average Bonchev–Trinajstić information content (AvgIpc) is 2.90. The number of aromatic nitrogens is 3. The predicted octanol–water partition coefficient (Wildman–Crippen LogP) is 1.93. The summed E-state index contributed by atoms with van der Waals surface area (Å²) in [5.41, 5.74) is 8.74. The molecule has 0 atom stereocenters. The highest BCUT2D eigenvalue weighted by Crippen LogP contribution is 2.29. The zero-order valence-corrected chi connectivity index (χ0v) is 13.0. The summed E-state index contributed by atoms with van der Waals surface area (Å²) in [6.45, 7) is 4.54. The van der Waals surface area contributed by atoms with Crippen LogP contribution in [0, 0.1) is 0 Å². The van der Waals surface area contributed by atoms with Gasteiger partial charge in [0.05, 0.1) is 25.6 Å². The zero-order valence-electron chi connectivity index (χ0n) is 13.0. The van der Waals surface area contributed by atoms with Crippen LogP contribution in [-0.2, 0) is 13.0 Å². The molecule has 6 heteroatoms. The van der Waals surface area contributed by atoms with Gasteiger partial charge in [0.15, 0.2) is 11.5 Å². The normalized spacial score (nSPS) is 11.0. The van der Waals surface area contributed by atoms with E-state index in [0.29, 0.717) is 18.7 Å². The van der Waals surface area contributed by atoms with Crippen molar-refractivity contribution in [1.29, 1.82) is 0 Å². The average molecular weight is 290 g/mol. The van der Waals surface area contributed by atoms with Crippen LogP contribution in [0.5, 0.6) is 11.5 Å². The lowest BCUT2D eigenvalue weighted by Crippen LogP contribution is -2.10. The van der Waals surface area contributed by atoms with Crippen LogP contribution < -0.4 is 15.2 Å². The monoisotopic (exact) mass is 290 g/mol. The van der Waals surface area contributed by atoms with Gasteiger partial charge in [-0.2, -0.15) is 0 Å². The molecule has 1 aromatic heterocycles. The number of nitrogens with two attached hydrogens (primary N) is 1. The summed E-state index contributed by atoms with van der Waals surface area (Å²) >= 11 is 0. The Hall–Kier alpha value is -2.08. The SMILES string of the molecule is COc1ccc(Cc2c(CN)nnn2C(C)C)cc1OC. The summed E-state index contributed by atoms with van der Waals surface area (Å²) in [6, 6.07) is 6.13. The van der Waals surface area contributed by atoms with Gasteiger partial charge in [-0.25, -0.2) is 4.68 Å². The molecule has 1 heterocycles. The molecule has 0 spiro atoms. The van der Waals surface area contributed by atoms with E-state index < -0.39 is 0 Å². The molecule has 2 rings (SSSR count). The first-order valence-corrected chi connectivity index (χ1v) is 6.94. The fourth-order valence-electron chi connectivity index (χ4n) is 2.29. The van der Waals surface area contributed by atoms with Crippen molar-refractivity contribution in [2.75, 3.05) is 14.2 Å². The fourth-order valence-corrected chi connectivity index (χ4v) is 2.29. The van der Waals surface area contributed by atoms with Gasteiger partial charge in [0.1, 0.15) is 0 Å². The lowest BCUT2D eigenvalue weighted by atomic mass is 10.1. The Balaban J connectivity index is 2.35. The van der Waals surface area contributed by atoms with E-state index in [2.05, 4.69) is 24.2 Å². The molecule has 0 bridgehead atoms. The molecule has 114 valence electrons. The second kappa shape index (κ2) is 6.58. The van der Waals surface area contributed by atoms with Gasteiger partial charge < -0.3 is 15.2 Å². The first-order valence-electron chi connectivity index (χ1n) is 6.94. The molecular formula is C15H22N4O2. The number of hydrogen-bond acceptors (Lipinski definition) is 5. The van der Waals surface area contributed by atoms with Crippen LogP contribution in [0.2, 0.25) is 0 Å². The standard InChI is InChI=1S/C15H22N4O2/c1-10(2)19-13(12(9-16)17-18-19)7-11-5-6-14(20-3)15(8-11)21-4/h5-6,8,10H,7,9,16H2,1-4H3. The topological polar surface area (TPSA) is 75.2 Å². The Bertz CT molecular complexity index is 608. The molecule has 6 nitrogen and oxygen atoms in total. The highest BCUT2D eigenvalue weighted by molar-refractivity contribution is 5.44. The zero-order chi connectivity index (χ0) is 15.4. The minimum Gasteiger partial charge on any atom is -0.493 e. The summed E-state index contributed by atoms with van der Waals surface area (Å²) in [4.78, 5) is 0. The van der Waals surface area contributed by atoms with Gasteiger partial charge in [-0.3, -0.25) is 0 Å². The maximum Gasteiger partial charge on any atom is 0.160 e. The third-order valence-corrected chi connectivity index (χ3v) is 3.37. The minimum atomic E-state index is 0.243. The maximum atomic E-state index is 5.76. The van der Waals surface area contributed by atoms with Gasteiger partial charge in [-0.15, -0.1) is 5.10 Å². The molecule has 0 fully saturated rings. The van der Waals surface area contributed by atoms with E-state index in [-0.39, 0.29) is 6.04 Å². The lowest BCUT2D eigenvalue weighted by Gasteiger charge is -2.13. The molecule has 21 heavy (non-hydrogen) atoms. The molecule has 0 saturated carbocycles. The predicted molar refractivity (Wildman–Crippen MR) is 80.7 cm³/mol. The van der Waals surface area contributed by atoms with Crippen molar-refractivity contribution in [3.63, 3.8) is 0 Å². The number of ether oxygens (including phenoxy) is 2. The van der Waals surface area contributed by atoms with E-state index >= 15 is 0 Å². The smallest absolute Gasteiger partial charge is 0.160 e. The third kappa shape index (κ3) is 3.16. The van der Waals surface area contributed by atoms with Gasteiger partial charge in [0.2, 0.25) is 0 Å².